The number of nitrogens with one attached hydrogen (secondary N) is 1. The fourth-order valence-corrected chi connectivity index (χ4v) is 4.03. The molecule has 0 spiro atoms. The number of hydrogen-bond acceptors (Lipinski definition) is 6. The zero-order chi connectivity index (χ0) is 23.2. The molecule has 1 unspecified atom stereocenters. The van der Waals surface area contributed by atoms with Crippen LogP contribution in [0.1, 0.15) is 11.1 Å². The van der Waals surface area contributed by atoms with Crippen LogP contribution in [0.3, 0.4) is 0 Å². The van der Waals surface area contributed by atoms with Crippen LogP contribution >= 0.6 is 0 Å². The van der Waals surface area contributed by atoms with E-state index in [-0.39, 0.29) is 6.61 Å². The quantitative estimate of drug-likeness (QED) is 0.354. The van der Waals surface area contributed by atoms with Gasteiger partial charge in [-0.1, -0.05) is 42.5 Å². The van der Waals surface area contributed by atoms with Crippen molar-refractivity contribution in [3.8, 4) is 17.2 Å². The van der Waals surface area contributed by atoms with Crippen LogP contribution in [0.4, 0.5) is 0 Å². The maximum Gasteiger partial charge on any atom is 0.161 e. The molecule has 0 aliphatic carbocycles. The van der Waals surface area contributed by atoms with Crippen molar-refractivity contribution in [2.75, 3.05) is 32.9 Å². The highest BCUT2D eigenvalue weighted by atomic mass is 16.6. The predicted molar refractivity (Wildman–Crippen MR) is 131 cm³/mol. The second kappa shape index (κ2) is 10.6. The van der Waals surface area contributed by atoms with E-state index in [1.165, 1.54) is 11.1 Å². The Hall–Kier alpha value is -3.55. The molecule has 1 atom stereocenters. The van der Waals surface area contributed by atoms with Crippen molar-refractivity contribution in [3.05, 3.63) is 84.1 Å². The summed E-state index contributed by atoms with van der Waals surface area (Å²) in [5.41, 5.74) is 3.23. The lowest BCUT2D eigenvalue weighted by Gasteiger charge is -2.19. The van der Waals surface area contributed by atoms with Gasteiger partial charge in [-0.05, 0) is 48.4 Å². The van der Waals surface area contributed by atoms with Crippen LogP contribution < -0.4 is 19.5 Å². The fourth-order valence-electron chi connectivity index (χ4n) is 4.03. The molecule has 7 heteroatoms. The van der Waals surface area contributed by atoms with E-state index >= 15 is 0 Å². The number of aliphatic hydroxyl groups is 1. The summed E-state index contributed by atoms with van der Waals surface area (Å²) in [6.07, 6.45) is 2.22. The van der Waals surface area contributed by atoms with Gasteiger partial charge in [-0.25, -0.2) is 0 Å². The molecular weight excluding hydrogens is 430 g/mol. The maximum absolute atomic E-state index is 10.4. The summed E-state index contributed by atoms with van der Waals surface area (Å²) >= 11 is 0. The Morgan fingerprint density at radius 1 is 0.971 bits per heavy atom. The van der Waals surface area contributed by atoms with Crippen LogP contribution in [0.2, 0.25) is 0 Å². The van der Waals surface area contributed by atoms with Gasteiger partial charge in [0.05, 0.1) is 17.4 Å². The van der Waals surface area contributed by atoms with E-state index < -0.39 is 6.10 Å². The Balaban J connectivity index is 1.10. The Morgan fingerprint density at radius 3 is 2.71 bits per heavy atom. The van der Waals surface area contributed by atoms with E-state index in [4.69, 9.17) is 14.2 Å². The minimum atomic E-state index is -0.616. The van der Waals surface area contributed by atoms with Gasteiger partial charge in [0.15, 0.2) is 11.5 Å². The number of benzene rings is 3. The molecule has 0 bridgehead atoms. The minimum absolute atomic E-state index is 0.208. The van der Waals surface area contributed by atoms with Crippen LogP contribution in [0.25, 0.3) is 10.9 Å². The Bertz CT molecular complexity index is 1230. The highest BCUT2D eigenvalue weighted by molar-refractivity contribution is 5.84. The molecule has 0 amide bonds. The van der Waals surface area contributed by atoms with E-state index in [2.05, 4.69) is 22.5 Å². The smallest absolute Gasteiger partial charge is 0.161 e. The van der Waals surface area contributed by atoms with Crippen LogP contribution in [-0.4, -0.2) is 53.9 Å². The molecule has 2 N–H and O–H groups in total. The topological polar surface area (TPSA) is 77.8 Å². The van der Waals surface area contributed by atoms with Crippen LogP contribution in [-0.2, 0) is 13.0 Å². The molecule has 0 saturated heterocycles. The minimum Gasteiger partial charge on any atom is -0.490 e. The largest absolute Gasteiger partial charge is 0.490 e. The van der Waals surface area contributed by atoms with E-state index in [0.29, 0.717) is 26.3 Å². The Morgan fingerprint density at radius 2 is 1.82 bits per heavy atom. The van der Waals surface area contributed by atoms with Gasteiger partial charge in [0.1, 0.15) is 31.7 Å². The summed E-state index contributed by atoms with van der Waals surface area (Å²) in [7, 11) is 0. The summed E-state index contributed by atoms with van der Waals surface area (Å²) in [5, 5.41) is 19.3. The van der Waals surface area contributed by atoms with E-state index in [0.717, 1.165) is 41.1 Å². The highest BCUT2D eigenvalue weighted by Gasteiger charge is 2.12. The number of fused-ring (bicyclic) bond motifs is 2. The van der Waals surface area contributed by atoms with Gasteiger partial charge in [-0.2, -0.15) is 5.10 Å². The van der Waals surface area contributed by atoms with Gasteiger partial charge in [0, 0.05) is 12.7 Å². The fraction of sp³-hybridized carbons (Fsp3) is 0.296. The third-order valence-electron chi connectivity index (χ3n) is 5.75. The Kier molecular flexibility index (Phi) is 6.93. The third kappa shape index (κ3) is 5.50. The normalized spacial score (nSPS) is 13.7. The summed E-state index contributed by atoms with van der Waals surface area (Å²) in [5.74, 6) is 2.33. The summed E-state index contributed by atoms with van der Waals surface area (Å²) in [6, 6.07) is 22.1. The van der Waals surface area contributed by atoms with Crippen molar-refractivity contribution in [3.63, 3.8) is 0 Å². The molecule has 1 aromatic heterocycles. The number of nitrogens with zero attached hydrogens (tertiary/aromatic N) is 2. The first-order chi connectivity index (χ1) is 16.7. The van der Waals surface area contributed by atoms with Crippen molar-refractivity contribution in [1.29, 1.82) is 0 Å². The zero-order valence-electron chi connectivity index (χ0n) is 19.0. The van der Waals surface area contributed by atoms with E-state index in [1.54, 1.807) is 0 Å². The van der Waals surface area contributed by atoms with Gasteiger partial charge in [0.25, 0.3) is 0 Å². The van der Waals surface area contributed by atoms with Crippen LogP contribution in [0.5, 0.6) is 17.2 Å². The van der Waals surface area contributed by atoms with E-state index in [9.17, 15) is 5.11 Å². The lowest BCUT2D eigenvalue weighted by molar-refractivity contribution is 0.107. The number of ether oxygens (including phenoxy) is 3. The summed E-state index contributed by atoms with van der Waals surface area (Å²) < 4.78 is 19.1. The molecule has 0 saturated carbocycles. The molecule has 0 radical (unpaired) electrons. The van der Waals surface area contributed by atoms with Gasteiger partial charge >= 0.3 is 0 Å². The van der Waals surface area contributed by atoms with Crippen molar-refractivity contribution >= 4 is 10.9 Å². The standard InChI is InChI=1S/C27H29N3O4/c31-22(16-28-12-11-20-9-10-26-27(15-20)33-14-13-32-26)19-34-25-8-4-7-24-23(25)18-30(29-24)17-21-5-2-1-3-6-21/h1-10,15,18,22,28,31H,11-14,16-17,19H2. The molecule has 176 valence electrons. The Labute approximate surface area is 198 Å². The second-order valence-electron chi connectivity index (χ2n) is 8.40. The average molecular weight is 460 g/mol. The molecule has 1 aliphatic rings. The number of rotatable bonds is 10. The van der Waals surface area contributed by atoms with Crippen molar-refractivity contribution in [1.82, 2.24) is 15.1 Å². The number of aliphatic hydroxyl groups excluding tert-OH is 1. The molecule has 0 fully saturated rings. The first-order valence-corrected chi connectivity index (χ1v) is 11.6. The molecule has 2 heterocycles. The maximum atomic E-state index is 10.4. The summed E-state index contributed by atoms with van der Waals surface area (Å²) in [4.78, 5) is 0. The van der Waals surface area contributed by atoms with Crippen LogP contribution in [0.15, 0.2) is 72.9 Å². The van der Waals surface area contributed by atoms with Crippen molar-refractivity contribution in [2.45, 2.75) is 19.1 Å². The number of aromatic nitrogens is 2. The zero-order valence-corrected chi connectivity index (χ0v) is 19.0. The molecule has 4 aromatic rings. The SMILES string of the molecule is OC(CNCCc1ccc2c(c1)OCCO2)COc1cccc2nn(Cc3ccccc3)cc12. The van der Waals surface area contributed by atoms with Gasteiger partial charge in [0.2, 0.25) is 0 Å². The molecule has 7 nitrogen and oxygen atoms in total. The number of hydrogen-bond donors (Lipinski definition) is 2. The molecule has 34 heavy (non-hydrogen) atoms. The lowest BCUT2D eigenvalue weighted by atomic mass is 10.1. The van der Waals surface area contributed by atoms with Crippen molar-refractivity contribution < 1.29 is 19.3 Å². The van der Waals surface area contributed by atoms with Gasteiger partial charge in [-0.3, -0.25) is 4.68 Å². The molecule has 1 aliphatic heterocycles. The average Bonchev–Trinajstić information content (AvgIpc) is 3.29. The predicted octanol–water partition coefficient (Wildman–Crippen LogP) is 3.43. The lowest BCUT2D eigenvalue weighted by Crippen LogP contribution is -2.32. The first kappa shape index (κ1) is 22.3. The third-order valence-corrected chi connectivity index (χ3v) is 5.75. The van der Waals surface area contributed by atoms with Gasteiger partial charge < -0.3 is 24.6 Å². The first-order valence-electron chi connectivity index (χ1n) is 11.6. The van der Waals surface area contributed by atoms with E-state index in [1.807, 2.05) is 65.5 Å². The molecule has 3 aromatic carbocycles. The molecular formula is C27H29N3O4. The van der Waals surface area contributed by atoms with Gasteiger partial charge in [-0.15, -0.1) is 0 Å². The van der Waals surface area contributed by atoms with Crippen LogP contribution in [0, 0.1) is 0 Å². The second-order valence-corrected chi connectivity index (χ2v) is 8.40. The highest BCUT2D eigenvalue weighted by Crippen LogP contribution is 2.30. The van der Waals surface area contributed by atoms with Crippen molar-refractivity contribution in [2.24, 2.45) is 0 Å². The monoisotopic (exact) mass is 459 g/mol. The summed E-state index contributed by atoms with van der Waals surface area (Å²) in [6.45, 7) is 3.29. The molecule has 5 rings (SSSR count).